The van der Waals surface area contributed by atoms with Crippen LogP contribution in [0.3, 0.4) is 0 Å². The molecule has 2 rings (SSSR count). The van der Waals surface area contributed by atoms with Crippen LogP contribution < -0.4 is 10.8 Å². The normalized spacial score (nSPS) is 12.0. The first-order valence-corrected chi connectivity index (χ1v) is 11.0. The molecule has 0 bridgehead atoms. The van der Waals surface area contributed by atoms with Crippen molar-refractivity contribution in [2.75, 3.05) is 0 Å². The van der Waals surface area contributed by atoms with Gasteiger partial charge >= 0.3 is 6.09 Å². The van der Waals surface area contributed by atoms with Crippen molar-refractivity contribution in [2.24, 2.45) is 0 Å². The molecular formula is C25H33N3O5. The maximum absolute atomic E-state index is 13.1. The molecule has 1 atom stereocenters. The molecular weight excluding hydrogens is 422 g/mol. The lowest BCUT2D eigenvalue weighted by Crippen LogP contribution is -2.45. The Bertz CT molecular complexity index is 934. The predicted molar refractivity (Wildman–Crippen MR) is 124 cm³/mol. The molecule has 8 nitrogen and oxygen atoms in total. The lowest BCUT2D eigenvalue weighted by molar-refractivity contribution is -0.129. The zero-order valence-electron chi connectivity index (χ0n) is 19.7. The summed E-state index contributed by atoms with van der Waals surface area (Å²) >= 11 is 0. The molecule has 0 fully saturated rings. The van der Waals surface area contributed by atoms with Crippen LogP contribution in [0.25, 0.3) is 0 Å². The molecule has 0 aliphatic rings. The second-order valence-corrected chi connectivity index (χ2v) is 9.08. The third-order valence-corrected chi connectivity index (χ3v) is 4.86. The number of rotatable bonds is 10. The summed E-state index contributed by atoms with van der Waals surface area (Å²) in [7, 11) is 0. The van der Waals surface area contributed by atoms with E-state index in [1.165, 1.54) is 0 Å². The quantitative estimate of drug-likeness (QED) is 0.373. The number of hydroxylamine groups is 1. The van der Waals surface area contributed by atoms with Gasteiger partial charge in [0.25, 0.3) is 0 Å². The number of alkyl carbamates (subject to hydrolysis) is 1. The van der Waals surface area contributed by atoms with Crippen LogP contribution in [0.15, 0.2) is 42.6 Å². The fourth-order valence-corrected chi connectivity index (χ4v) is 3.18. The number of nitrogens with one attached hydrogen (secondary N) is 2. The van der Waals surface area contributed by atoms with Gasteiger partial charge in [0.2, 0.25) is 5.91 Å². The zero-order valence-corrected chi connectivity index (χ0v) is 19.7. The van der Waals surface area contributed by atoms with Gasteiger partial charge in [-0.05, 0) is 63.3 Å². The number of hydrogen-bond acceptors (Lipinski definition) is 6. The molecule has 2 amide bonds. The molecule has 1 heterocycles. The fourth-order valence-electron chi connectivity index (χ4n) is 3.18. The van der Waals surface area contributed by atoms with E-state index in [4.69, 9.17) is 9.94 Å². The molecule has 2 aromatic rings. The van der Waals surface area contributed by atoms with Crippen molar-refractivity contribution in [2.45, 2.75) is 71.4 Å². The van der Waals surface area contributed by atoms with Crippen LogP contribution in [-0.4, -0.2) is 39.6 Å². The first-order chi connectivity index (χ1) is 15.6. The molecule has 3 N–H and O–H groups in total. The molecule has 0 radical (unpaired) electrons. The highest BCUT2D eigenvalue weighted by Gasteiger charge is 2.25. The minimum atomic E-state index is -0.772. The monoisotopic (exact) mass is 455 g/mol. The third-order valence-electron chi connectivity index (χ3n) is 4.86. The summed E-state index contributed by atoms with van der Waals surface area (Å²) < 4.78 is 5.34. The van der Waals surface area contributed by atoms with Gasteiger partial charge in [0, 0.05) is 31.2 Å². The minimum absolute atomic E-state index is 0.143. The number of benzene rings is 1. The largest absolute Gasteiger partial charge is 0.444 e. The SMILES string of the molecule is Cc1ccc(C[C@@H](NC(=O)OC(C)(C)C)C(=O)Cc2ccc(CCCC(=O)NO)cc2)nc1. The Kier molecular flexibility index (Phi) is 9.54. The number of ether oxygens (including phenoxy) is 1. The summed E-state index contributed by atoms with van der Waals surface area (Å²) in [4.78, 5) is 40.9. The maximum Gasteiger partial charge on any atom is 0.408 e. The highest BCUT2D eigenvalue weighted by Crippen LogP contribution is 2.13. The second-order valence-electron chi connectivity index (χ2n) is 9.08. The molecule has 0 unspecified atom stereocenters. The van der Waals surface area contributed by atoms with Gasteiger partial charge in [0.1, 0.15) is 5.60 Å². The molecule has 33 heavy (non-hydrogen) atoms. The maximum atomic E-state index is 13.1. The fraction of sp³-hybridized carbons (Fsp3) is 0.440. The number of aromatic nitrogens is 1. The number of carbonyl (C=O) groups excluding carboxylic acids is 3. The van der Waals surface area contributed by atoms with Crippen molar-refractivity contribution in [3.8, 4) is 0 Å². The van der Waals surface area contributed by atoms with Crippen molar-refractivity contribution >= 4 is 17.8 Å². The topological polar surface area (TPSA) is 118 Å². The van der Waals surface area contributed by atoms with Crippen LogP contribution in [0.1, 0.15) is 56.0 Å². The Morgan fingerprint density at radius 3 is 2.30 bits per heavy atom. The second kappa shape index (κ2) is 12.1. The number of pyridine rings is 1. The van der Waals surface area contributed by atoms with E-state index in [0.29, 0.717) is 18.5 Å². The van der Waals surface area contributed by atoms with Crippen molar-refractivity contribution in [1.29, 1.82) is 0 Å². The Morgan fingerprint density at radius 2 is 1.73 bits per heavy atom. The van der Waals surface area contributed by atoms with E-state index in [-0.39, 0.29) is 25.0 Å². The van der Waals surface area contributed by atoms with Crippen LogP contribution >= 0.6 is 0 Å². The Labute approximate surface area is 194 Å². The standard InChI is InChI=1S/C25H33N3O5/c1-17-8-13-20(26-16-17)15-21(27-24(31)33-25(2,3)4)22(29)14-19-11-9-18(10-12-19)6-5-7-23(30)28-32/h8-13,16,21,32H,5-7,14-15H2,1-4H3,(H,27,31)(H,28,30)/t21-/m1/s1. The van der Waals surface area contributed by atoms with Gasteiger partial charge in [-0.25, -0.2) is 10.3 Å². The number of ketones is 1. The van der Waals surface area contributed by atoms with Gasteiger partial charge in [-0.2, -0.15) is 0 Å². The van der Waals surface area contributed by atoms with Gasteiger partial charge < -0.3 is 10.1 Å². The smallest absolute Gasteiger partial charge is 0.408 e. The molecule has 0 aliphatic heterocycles. The summed E-state index contributed by atoms with van der Waals surface area (Å²) in [6.07, 6.45) is 3.03. The van der Waals surface area contributed by atoms with Crippen molar-refractivity contribution in [3.63, 3.8) is 0 Å². The van der Waals surface area contributed by atoms with Gasteiger partial charge in [-0.3, -0.25) is 19.8 Å². The van der Waals surface area contributed by atoms with Gasteiger partial charge in [-0.15, -0.1) is 0 Å². The van der Waals surface area contributed by atoms with Crippen molar-refractivity contribution < 1.29 is 24.3 Å². The van der Waals surface area contributed by atoms with Crippen LogP contribution in [0, 0.1) is 6.92 Å². The number of Topliss-reactive ketones (excluding diaryl/α,β-unsaturated/α-hetero) is 1. The molecule has 0 spiro atoms. The van der Waals surface area contributed by atoms with Crippen molar-refractivity contribution in [3.05, 3.63) is 65.0 Å². The van der Waals surface area contributed by atoms with Crippen LogP contribution in [0.4, 0.5) is 4.79 Å². The number of hydrogen-bond donors (Lipinski definition) is 3. The highest BCUT2D eigenvalue weighted by molar-refractivity contribution is 5.89. The highest BCUT2D eigenvalue weighted by atomic mass is 16.6. The van der Waals surface area contributed by atoms with Crippen LogP contribution in [-0.2, 0) is 33.6 Å². The van der Waals surface area contributed by atoms with Crippen molar-refractivity contribution in [1.82, 2.24) is 15.8 Å². The van der Waals surface area contributed by atoms with E-state index < -0.39 is 23.6 Å². The number of nitrogens with zero attached hydrogens (tertiary/aromatic N) is 1. The van der Waals surface area contributed by atoms with Gasteiger partial charge in [-0.1, -0.05) is 30.3 Å². The molecule has 178 valence electrons. The van der Waals surface area contributed by atoms with E-state index in [1.807, 2.05) is 43.3 Å². The first kappa shape index (κ1) is 26.0. The number of amides is 2. The molecule has 0 saturated heterocycles. The zero-order chi connectivity index (χ0) is 24.4. The molecule has 0 aliphatic carbocycles. The van der Waals surface area contributed by atoms with Crippen LogP contribution in [0.2, 0.25) is 0 Å². The average Bonchev–Trinajstić information content (AvgIpc) is 2.74. The van der Waals surface area contributed by atoms with E-state index in [0.717, 1.165) is 16.7 Å². The average molecular weight is 456 g/mol. The van der Waals surface area contributed by atoms with E-state index in [2.05, 4.69) is 10.3 Å². The summed E-state index contributed by atoms with van der Waals surface area (Å²) in [6.45, 7) is 7.23. The first-order valence-electron chi connectivity index (χ1n) is 11.0. The lowest BCUT2D eigenvalue weighted by atomic mass is 9.98. The lowest BCUT2D eigenvalue weighted by Gasteiger charge is -2.23. The number of aryl methyl sites for hydroxylation is 2. The molecule has 1 aromatic carbocycles. The van der Waals surface area contributed by atoms with E-state index >= 15 is 0 Å². The summed E-state index contributed by atoms with van der Waals surface area (Å²) in [5, 5.41) is 11.2. The Hall–Kier alpha value is -3.26. The third kappa shape index (κ3) is 9.82. The minimum Gasteiger partial charge on any atom is -0.444 e. The predicted octanol–water partition coefficient (Wildman–Crippen LogP) is 3.47. The summed E-state index contributed by atoms with van der Waals surface area (Å²) in [5.74, 6) is -0.556. The molecule has 8 heteroatoms. The van der Waals surface area contributed by atoms with E-state index in [1.54, 1.807) is 32.4 Å². The van der Waals surface area contributed by atoms with E-state index in [9.17, 15) is 14.4 Å². The van der Waals surface area contributed by atoms with Gasteiger partial charge in [0.15, 0.2) is 5.78 Å². The Balaban J connectivity index is 2.04. The Morgan fingerprint density at radius 1 is 1.06 bits per heavy atom. The van der Waals surface area contributed by atoms with Gasteiger partial charge in [0.05, 0.1) is 6.04 Å². The molecule has 1 aromatic heterocycles. The number of carbonyl (C=O) groups is 3. The summed E-state index contributed by atoms with van der Waals surface area (Å²) in [6, 6.07) is 10.6. The van der Waals surface area contributed by atoms with Crippen LogP contribution in [0.5, 0.6) is 0 Å². The summed E-state index contributed by atoms with van der Waals surface area (Å²) in [5.41, 5.74) is 4.52. The molecule has 0 saturated carbocycles.